The third kappa shape index (κ3) is 2.76. The Bertz CT molecular complexity index is 580. The standard InChI is InChI=1S/C14H19BrN4/c1-9-3-5-12(10(2)7-9)16-14-17-13-6-4-11(15)8-19(13)18-14/h4,6,8-10,12H,3,5,7H2,1-2H3,(H,16,18). The Balaban J connectivity index is 1.77. The predicted octanol–water partition coefficient (Wildman–Crippen LogP) is 3.73. The second kappa shape index (κ2) is 5.12. The van der Waals surface area contributed by atoms with Crippen LogP contribution in [0.5, 0.6) is 0 Å². The van der Waals surface area contributed by atoms with Crippen molar-refractivity contribution in [2.45, 2.75) is 39.2 Å². The van der Waals surface area contributed by atoms with Crippen LogP contribution < -0.4 is 5.32 Å². The Kier molecular flexibility index (Phi) is 3.48. The molecular weight excluding hydrogens is 304 g/mol. The van der Waals surface area contributed by atoms with Crippen LogP contribution in [0.1, 0.15) is 33.1 Å². The molecule has 1 aliphatic rings. The lowest BCUT2D eigenvalue weighted by Crippen LogP contribution is -2.33. The van der Waals surface area contributed by atoms with Crippen LogP contribution in [0.25, 0.3) is 5.65 Å². The number of fused-ring (bicyclic) bond motifs is 1. The Morgan fingerprint density at radius 1 is 1.32 bits per heavy atom. The van der Waals surface area contributed by atoms with Crippen LogP contribution in [-0.2, 0) is 0 Å². The van der Waals surface area contributed by atoms with Gasteiger partial charge in [0.05, 0.1) is 0 Å². The van der Waals surface area contributed by atoms with Gasteiger partial charge in [-0.25, -0.2) is 4.52 Å². The molecule has 0 aliphatic heterocycles. The number of pyridine rings is 1. The Morgan fingerprint density at radius 3 is 2.95 bits per heavy atom. The molecule has 0 radical (unpaired) electrons. The zero-order chi connectivity index (χ0) is 13.4. The van der Waals surface area contributed by atoms with Crippen LogP contribution in [0, 0.1) is 11.8 Å². The highest BCUT2D eigenvalue weighted by Crippen LogP contribution is 2.30. The molecule has 0 bridgehead atoms. The minimum absolute atomic E-state index is 0.497. The van der Waals surface area contributed by atoms with Crippen molar-refractivity contribution in [3.8, 4) is 0 Å². The molecule has 2 aromatic heterocycles. The maximum atomic E-state index is 4.52. The molecule has 1 N–H and O–H groups in total. The fourth-order valence-corrected chi connectivity index (χ4v) is 3.29. The largest absolute Gasteiger partial charge is 0.350 e. The topological polar surface area (TPSA) is 42.2 Å². The van der Waals surface area contributed by atoms with Crippen molar-refractivity contribution >= 4 is 27.5 Å². The second-order valence-electron chi connectivity index (χ2n) is 5.73. The summed E-state index contributed by atoms with van der Waals surface area (Å²) in [5.74, 6) is 2.27. The van der Waals surface area contributed by atoms with Gasteiger partial charge in [0, 0.05) is 16.7 Å². The molecule has 3 rings (SSSR count). The van der Waals surface area contributed by atoms with Gasteiger partial charge < -0.3 is 5.32 Å². The molecule has 3 atom stereocenters. The highest BCUT2D eigenvalue weighted by Gasteiger charge is 2.26. The van der Waals surface area contributed by atoms with E-state index in [1.807, 2.05) is 22.8 Å². The third-order valence-corrected chi connectivity index (χ3v) is 4.51. The van der Waals surface area contributed by atoms with Crippen LogP contribution in [0.15, 0.2) is 22.8 Å². The van der Waals surface area contributed by atoms with Crippen LogP contribution in [-0.4, -0.2) is 20.6 Å². The number of aromatic nitrogens is 3. The van der Waals surface area contributed by atoms with Crippen molar-refractivity contribution in [3.63, 3.8) is 0 Å². The van der Waals surface area contributed by atoms with Gasteiger partial charge >= 0.3 is 0 Å². The minimum Gasteiger partial charge on any atom is -0.350 e. The van der Waals surface area contributed by atoms with Gasteiger partial charge in [-0.3, -0.25) is 0 Å². The van der Waals surface area contributed by atoms with E-state index in [0.29, 0.717) is 12.0 Å². The number of rotatable bonds is 2. The SMILES string of the molecule is CC1CCC(Nc2nc3ccc(Br)cn3n2)C(C)C1. The first-order valence-corrected chi connectivity index (χ1v) is 7.69. The van der Waals surface area contributed by atoms with Crippen molar-refractivity contribution in [1.82, 2.24) is 14.6 Å². The normalized spacial score (nSPS) is 27.6. The van der Waals surface area contributed by atoms with Crippen LogP contribution in [0.4, 0.5) is 5.95 Å². The molecule has 1 fully saturated rings. The maximum Gasteiger partial charge on any atom is 0.243 e. The van der Waals surface area contributed by atoms with Gasteiger partial charge in [0.2, 0.25) is 5.95 Å². The fourth-order valence-electron chi connectivity index (χ4n) is 2.96. The molecule has 2 heterocycles. The van der Waals surface area contributed by atoms with Crippen LogP contribution in [0.3, 0.4) is 0 Å². The molecule has 0 aromatic carbocycles. The summed E-state index contributed by atoms with van der Waals surface area (Å²) in [6, 6.07) is 4.45. The number of anilines is 1. The van der Waals surface area contributed by atoms with Gasteiger partial charge in [-0.1, -0.05) is 13.8 Å². The molecule has 102 valence electrons. The smallest absolute Gasteiger partial charge is 0.243 e. The lowest BCUT2D eigenvalue weighted by molar-refractivity contribution is 0.276. The summed E-state index contributed by atoms with van der Waals surface area (Å²) in [6.07, 6.45) is 5.72. The van der Waals surface area contributed by atoms with Crippen molar-refractivity contribution in [2.24, 2.45) is 11.8 Å². The molecule has 5 heteroatoms. The van der Waals surface area contributed by atoms with E-state index in [0.717, 1.165) is 22.0 Å². The fraction of sp³-hybridized carbons (Fsp3) is 0.571. The number of nitrogens with one attached hydrogen (secondary N) is 1. The maximum absolute atomic E-state index is 4.52. The summed E-state index contributed by atoms with van der Waals surface area (Å²) >= 11 is 3.45. The molecule has 0 spiro atoms. The van der Waals surface area contributed by atoms with E-state index < -0.39 is 0 Å². The Morgan fingerprint density at radius 2 is 2.16 bits per heavy atom. The van der Waals surface area contributed by atoms with Gasteiger partial charge in [-0.05, 0) is 59.2 Å². The Hall–Kier alpha value is -1.10. The average molecular weight is 323 g/mol. The first-order valence-electron chi connectivity index (χ1n) is 6.90. The summed E-state index contributed by atoms with van der Waals surface area (Å²) in [4.78, 5) is 4.52. The van der Waals surface area contributed by atoms with Crippen molar-refractivity contribution in [2.75, 3.05) is 5.32 Å². The third-order valence-electron chi connectivity index (χ3n) is 4.04. The number of halogens is 1. The molecule has 4 nitrogen and oxygen atoms in total. The van der Waals surface area contributed by atoms with Gasteiger partial charge in [-0.15, -0.1) is 5.10 Å². The molecule has 3 unspecified atom stereocenters. The summed E-state index contributed by atoms with van der Waals surface area (Å²) in [7, 11) is 0. The van der Waals surface area contributed by atoms with Crippen LogP contribution >= 0.6 is 15.9 Å². The molecule has 1 saturated carbocycles. The lowest BCUT2D eigenvalue weighted by atomic mass is 9.80. The molecule has 1 aliphatic carbocycles. The monoisotopic (exact) mass is 322 g/mol. The van der Waals surface area contributed by atoms with Crippen LogP contribution in [0.2, 0.25) is 0 Å². The molecule has 0 amide bonds. The quantitative estimate of drug-likeness (QED) is 0.916. The van der Waals surface area contributed by atoms with E-state index in [1.165, 1.54) is 19.3 Å². The Labute approximate surface area is 121 Å². The summed E-state index contributed by atoms with van der Waals surface area (Å²) in [5.41, 5.74) is 0.877. The first-order chi connectivity index (χ1) is 9.11. The van der Waals surface area contributed by atoms with E-state index in [-0.39, 0.29) is 0 Å². The first kappa shape index (κ1) is 12.9. The highest BCUT2D eigenvalue weighted by molar-refractivity contribution is 9.10. The minimum atomic E-state index is 0.497. The van der Waals surface area contributed by atoms with Gasteiger partial charge in [0.25, 0.3) is 0 Å². The number of hydrogen-bond donors (Lipinski definition) is 1. The van der Waals surface area contributed by atoms with E-state index in [9.17, 15) is 0 Å². The van der Waals surface area contributed by atoms with Gasteiger partial charge in [-0.2, -0.15) is 4.98 Å². The summed E-state index contributed by atoms with van der Waals surface area (Å²) in [6.45, 7) is 4.66. The van der Waals surface area contributed by atoms with E-state index in [2.05, 4.69) is 45.2 Å². The van der Waals surface area contributed by atoms with Crippen molar-refractivity contribution in [3.05, 3.63) is 22.8 Å². The van der Waals surface area contributed by atoms with E-state index in [4.69, 9.17) is 0 Å². The van der Waals surface area contributed by atoms with E-state index in [1.54, 1.807) is 0 Å². The van der Waals surface area contributed by atoms with E-state index >= 15 is 0 Å². The van der Waals surface area contributed by atoms with Crippen molar-refractivity contribution in [1.29, 1.82) is 0 Å². The van der Waals surface area contributed by atoms with Crippen molar-refractivity contribution < 1.29 is 0 Å². The second-order valence-corrected chi connectivity index (χ2v) is 6.65. The zero-order valence-corrected chi connectivity index (χ0v) is 12.9. The molecule has 19 heavy (non-hydrogen) atoms. The molecular formula is C14H19BrN4. The van der Waals surface area contributed by atoms with Gasteiger partial charge in [0.1, 0.15) is 0 Å². The average Bonchev–Trinajstić information content (AvgIpc) is 2.74. The zero-order valence-electron chi connectivity index (χ0n) is 11.3. The number of hydrogen-bond acceptors (Lipinski definition) is 3. The summed E-state index contributed by atoms with van der Waals surface area (Å²) in [5, 5.41) is 7.99. The molecule has 0 saturated heterocycles. The number of nitrogens with zero attached hydrogens (tertiary/aromatic N) is 3. The highest BCUT2D eigenvalue weighted by atomic mass is 79.9. The molecule has 2 aromatic rings. The summed E-state index contributed by atoms with van der Waals surface area (Å²) < 4.78 is 2.82. The lowest BCUT2D eigenvalue weighted by Gasteiger charge is -2.32. The predicted molar refractivity (Wildman–Crippen MR) is 80.3 cm³/mol. The van der Waals surface area contributed by atoms with Gasteiger partial charge in [0.15, 0.2) is 5.65 Å².